The number of carbonyl (C=O) groups excluding carboxylic acids is 3. The fourth-order valence-corrected chi connectivity index (χ4v) is 2.11. The van der Waals surface area contributed by atoms with Crippen molar-refractivity contribution in [3.63, 3.8) is 0 Å². The molecule has 2 aromatic carbocycles. The van der Waals surface area contributed by atoms with Crippen LogP contribution in [0.1, 0.15) is 41.5 Å². The Bertz CT molecular complexity index is 821. The van der Waals surface area contributed by atoms with Crippen molar-refractivity contribution in [1.82, 2.24) is 5.32 Å². The van der Waals surface area contributed by atoms with Crippen LogP contribution in [0.5, 0.6) is 0 Å². The number of anilines is 2. The fourth-order valence-electron chi connectivity index (χ4n) is 2.11. The summed E-state index contributed by atoms with van der Waals surface area (Å²) in [7, 11) is 1.56. The Kier molecular flexibility index (Phi) is 5.77. The van der Waals surface area contributed by atoms with Crippen molar-refractivity contribution >= 4 is 29.1 Å². The van der Waals surface area contributed by atoms with E-state index in [4.69, 9.17) is 0 Å². The van der Waals surface area contributed by atoms with E-state index in [1.165, 1.54) is 0 Å². The Hall–Kier alpha value is -3.15. The van der Waals surface area contributed by atoms with Crippen molar-refractivity contribution in [2.75, 3.05) is 17.7 Å². The molecule has 2 rings (SSSR count). The number of benzene rings is 2. The summed E-state index contributed by atoms with van der Waals surface area (Å²) in [4.78, 5) is 36.0. The van der Waals surface area contributed by atoms with E-state index >= 15 is 0 Å². The molecular formula is C20H23N3O3. The predicted molar refractivity (Wildman–Crippen MR) is 102 cm³/mol. The van der Waals surface area contributed by atoms with Crippen LogP contribution < -0.4 is 16.0 Å². The fraction of sp³-hybridized carbons (Fsp3) is 0.250. The monoisotopic (exact) mass is 353 g/mol. The van der Waals surface area contributed by atoms with E-state index in [1.54, 1.807) is 55.6 Å². The van der Waals surface area contributed by atoms with E-state index in [-0.39, 0.29) is 17.7 Å². The lowest BCUT2D eigenvalue weighted by atomic mass is 9.95. The zero-order valence-electron chi connectivity index (χ0n) is 15.3. The Morgan fingerprint density at radius 2 is 1.42 bits per heavy atom. The molecule has 6 heteroatoms. The van der Waals surface area contributed by atoms with Gasteiger partial charge in [-0.05, 0) is 42.5 Å². The molecule has 0 atom stereocenters. The van der Waals surface area contributed by atoms with Gasteiger partial charge < -0.3 is 16.0 Å². The highest BCUT2D eigenvalue weighted by molar-refractivity contribution is 6.05. The minimum Gasteiger partial charge on any atom is -0.355 e. The lowest BCUT2D eigenvalue weighted by Gasteiger charge is -2.18. The van der Waals surface area contributed by atoms with E-state index in [0.29, 0.717) is 22.5 Å². The molecule has 0 fully saturated rings. The van der Waals surface area contributed by atoms with Crippen LogP contribution in [-0.4, -0.2) is 24.8 Å². The molecule has 0 unspecified atom stereocenters. The van der Waals surface area contributed by atoms with Gasteiger partial charge in [-0.2, -0.15) is 0 Å². The number of rotatable bonds is 4. The smallest absolute Gasteiger partial charge is 0.255 e. The third-order valence-corrected chi connectivity index (χ3v) is 3.70. The van der Waals surface area contributed by atoms with Crippen LogP contribution >= 0.6 is 0 Å². The molecule has 0 saturated heterocycles. The normalized spacial score (nSPS) is 10.8. The molecule has 3 amide bonds. The second-order valence-electron chi connectivity index (χ2n) is 6.90. The first-order valence-corrected chi connectivity index (χ1v) is 8.26. The Morgan fingerprint density at radius 1 is 0.769 bits per heavy atom. The zero-order chi connectivity index (χ0) is 19.3. The molecule has 0 saturated carbocycles. The van der Waals surface area contributed by atoms with Gasteiger partial charge in [0.05, 0.1) is 0 Å². The maximum Gasteiger partial charge on any atom is 0.255 e. The van der Waals surface area contributed by atoms with E-state index < -0.39 is 5.41 Å². The van der Waals surface area contributed by atoms with Gasteiger partial charge in [0.2, 0.25) is 5.91 Å². The van der Waals surface area contributed by atoms with Crippen molar-refractivity contribution in [3.05, 3.63) is 59.7 Å². The maximum absolute atomic E-state index is 12.4. The molecule has 2 aromatic rings. The van der Waals surface area contributed by atoms with Crippen LogP contribution in [0, 0.1) is 5.41 Å². The number of nitrogens with one attached hydrogen (secondary N) is 3. The molecule has 0 aliphatic heterocycles. The summed E-state index contributed by atoms with van der Waals surface area (Å²) in [5.74, 6) is -0.616. The van der Waals surface area contributed by atoms with Gasteiger partial charge in [-0.1, -0.05) is 26.8 Å². The maximum atomic E-state index is 12.4. The first-order chi connectivity index (χ1) is 12.2. The van der Waals surface area contributed by atoms with Gasteiger partial charge in [0, 0.05) is 35.0 Å². The molecule has 0 aliphatic carbocycles. The summed E-state index contributed by atoms with van der Waals surface area (Å²) in [5.41, 5.74) is 1.55. The molecule has 6 nitrogen and oxygen atoms in total. The number of hydrogen-bond acceptors (Lipinski definition) is 3. The molecule has 3 N–H and O–H groups in total. The lowest BCUT2D eigenvalue weighted by molar-refractivity contribution is -0.123. The third kappa shape index (κ3) is 4.92. The highest BCUT2D eigenvalue weighted by Gasteiger charge is 2.21. The largest absolute Gasteiger partial charge is 0.355 e. The predicted octanol–water partition coefficient (Wildman–Crippen LogP) is 3.28. The zero-order valence-corrected chi connectivity index (χ0v) is 15.3. The first kappa shape index (κ1) is 19.2. The van der Waals surface area contributed by atoms with Gasteiger partial charge in [-0.25, -0.2) is 0 Å². The Labute approximate surface area is 153 Å². The highest BCUT2D eigenvalue weighted by atomic mass is 16.2. The van der Waals surface area contributed by atoms with E-state index in [9.17, 15) is 14.4 Å². The molecule has 0 aliphatic rings. The summed E-state index contributed by atoms with van der Waals surface area (Å²) in [6.07, 6.45) is 0. The van der Waals surface area contributed by atoms with E-state index in [2.05, 4.69) is 16.0 Å². The summed E-state index contributed by atoms with van der Waals surface area (Å²) in [6.45, 7) is 5.46. The van der Waals surface area contributed by atoms with Crippen LogP contribution in [0.3, 0.4) is 0 Å². The van der Waals surface area contributed by atoms with Crippen molar-refractivity contribution in [2.45, 2.75) is 20.8 Å². The summed E-state index contributed by atoms with van der Waals surface area (Å²) >= 11 is 0. The average molecular weight is 353 g/mol. The van der Waals surface area contributed by atoms with Crippen LogP contribution in [0.2, 0.25) is 0 Å². The topological polar surface area (TPSA) is 87.3 Å². The molecule has 136 valence electrons. The van der Waals surface area contributed by atoms with Crippen molar-refractivity contribution in [3.8, 4) is 0 Å². The van der Waals surface area contributed by atoms with Gasteiger partial charge in [-0.3, -0.25) is 14.4 Å². The number of amides is 3. The van der Waals surface area contributed by atoms with Gasteiger partial charge >= 0.3 is 0 Å². The SMILES string of the molecule is CNC(=O)c1ccc(NC(=O)c2cccc(NC(=O)C(C)(C)C)c2)cc1. The highest BCUT2D eigenvalue weighted by Crippen LogP contribution is 2.19. The lowest BCUT2D eigenvalue weighted by Crippen LogP contribution is -2.27. The van der Waals surface area contributed by atoms with Crippen LogP contribution in [0.25, 0.3) is 0 Å². The van der Waals surface area contributed by atoms with Crippen LogP contribution in [0.15, 0.2) is 48.5 Å². The molecule has 0 bridgehead atoms. The number of hydrogen-bond donors (Lipinski definition) is 3. The molecule has 0 aromatic heterocycles. The van der Waals surface area contributed by atoms with Gasteiger partial charge in [0.1, 0.15) is 0 Å². The average Bonchev–Trinajstić information content (AvgIpc) is 2.61. The van der Waals surface area contributed by atoms with Crippen molar-refractivity contribution in [2.24, 2.45) is 5.41 Å². The standard InChI is InChI=1S/C20H23N3O3/c1-20(2,3)19(26)23-16-7-5-6-14(12-16)18(25)22-15-10-8-13(9-11-15)17(24)21-4/h5-12H,1-4H3,(H,21,24)(H,22,25)(H,23,26). The second-order valence-corrected chi connectivity index (χ2v) is 6.90. The van der Waals surface area contributed by atoms with Crippen molar-refractivity contribution in [1.29, 1.82) is 0 Å². The molecule has 0 spiro atoms. The molecule has 0 radical (unpaired) electrons. The van der Waals surface area contributed by atoms with Crippen molar-refractivity contribution < 1.29 is 14.4 Å². The molecule has 26 heavy (non-hydrogen) atoms. The van der Waals surface area contributed by atoms with Gasteiger partial charge in [0.25, 0.3) is 11.8 Å². The first-order valence-electron chi connectivity index (χ1n) is 8.26. The summed E-state index contributed by atoms with van der Waals surface area (Å²) < 4.78 is 0. The Balaban J connectivity index is 2.09. The molecular weight excluding hydrogens is 330 g/mol. The number of carbonyl (C=O) groups is 3. The minimum atomic E-state index is -0.523. The summed E-state index contributed by atoms with van der Waals surface area (Å²) in [6, 6.07) is 13.3. The van der Waals surface area contributed by atoms with Gasteiger partial charge in [-0.15, -0.1) is 0 Å². The van der Waals surface area contributed by atoms with Gasteiger partial charge in [0.15, 0.2) is 0 Å². The quantitative estimate of drug-likeness (QED) is 0.788. The third-order valence-electron chi connectivity index (χ3n) is 3.70. The minimum absolute atomic E-state index is 0.125. The van der Waals surface area contributed by atoms with Crippen LogP contribution in [0.4, 0.5) is 11.4 Å². The van der Waals surface area contributed by atoms with E-state index in [0.717, 1.165) is 0 Å². The van der Waals surface area contributed by atoms with E-state index in [1.807, 2.05) is 20.8 Å². The van der Waals surface area contributed by atoms with Crippen LogP contribution in [-0.2, 0) is 4.79 Å². The molecule has 0 heterocycles. The summed E-state index contributed by atoms with van der Waals surface area (Å²) in [5, 5.41) is 8.11. The Morgan fingerprint density at radius 3 is 2.00 bits per heavy atom. The second kappa shape index (κ2) is 7.82.